The quantitative estimate of drug-likeness (QED) is 0.672. The number of amides is 1. The number of anilines is 1. The van der Waals surface area contributed by atoms with E-state index in [4.69, 9.17) is 4.74 Å². The normalized spacial score (nSPS) is 11.7. The molecular formula is C15H20N2O6. The van der Waals surface area contributed by atoms with Gasteiger partial charge in [-0.2, -0.15) is 0 Å². The van der Waals surface area contributed by atoms with Gasteiger partial charge in [0.25, 0.3) is 5.69 Å². The summed E-state index contributed by atoms with van der Waals surface area (Å²) in [4.78, 5) is 35.1. The fourth-order valence-corrected chi connectivity index (χ4v) is 1.78. The van der Waals surface area contributed by atoms with E-state index in [0.29, 0.717) is 0 Å². The molecule has 126 valence electrons. The molecule has 1 aromatic rings. The van der Waals surface area contributed by atoms with Crippen molar-refractivity contribution in [1.82, 2.24) is 0 Å². The molecule has 0 aliphatic rings. The molecule has 1 aromatic carbocycles. The van der Waals surface area contributed by atoms with Crippen molar-refractivity contribution in [2.45, 2.75) is 45.8 Å². The molecule has 1 amide bonds. The predicted molar refractivity (Wildman–Crippen MR) is 83.5 cm³/mol. The molecule has 0 heterocycles. The molecule has 0 saturated carbocycles. The van der Waals surface area contributed by atoms with E-state index in [1.807, 2.05) is 0 Å². The van der Waals surface area contributed by atoms with E-state index in [1.165, 1.54) is 38.1 Å². The van der Waals surface area contributed by atoms with E-state index in [2.05, 4.69) is 0 Å². The van der Waals surface area contributed by atoms with Gasteiger partial charge in [-0.1, -0.05) is 0 Å². The summed E-state index contributed by atoms with van der Waals surface area (Å²) in [5.41, 5.74) is -2.38. The predicted octanol–water partition coefficient (Wildman–Crippen LogP) is 3.20. The Labute approximate surface area is 133 Å². The highest BCUT2D eigenvalue weighted by molar-refractivity contribution is 5.97. The van der Waals surface area contributed by atoms with Crippen molar-refractivity contribution < 1.29 is 24.4 Å². The Kier molecular flexibility index (Phi) is 4.99. The number of carbonyl (C=O) groups excluding carboxylic acids is 1. The molecule has 0 atom stereocenters. The van der Waals surface area contributed by atoms with Crippen molar-refractivity contribution in [2.24, 2.45) is 0 Å². The van der Waals surface area contributed by atoms with Gasteiger partial charge in [-0.05, 0) is 46.8 Å². The molecule has 8 heteroatoms. The average molecular weight is 324 g/mol. The second-order valence-electron chi connectivity index (χ2n) is 6.45. The average Bonchev–Trinajstić information content (AvgIpc) is 2.36. The van der Waals surface area contributed by atoms with Gasteiger partial charge in [0.1, 0.15) is 11.1 Å². The SMILES string of the molecule is CC(C)(C)OC(=O)N(c1ccc([N+](=O)[O-])cc1)C(C)(C)C(=O)O. The molecule has 0 bridgehead atoms. The third-order valence-corrected chi connectivity index (χ3v) is 2.98. The second-order valence-corrected chi connectivity index (χ2v) is 6.45. The third-order valence-electron chi connectivity index (χ3n) is 2.98. The van der Waals surface area contributed by atoms with Crippen LogP contribution in [-0.2, 0) is 9.53 Å². The molecule has 0 aliphatic carbocycles. The van der Waals surface area contributed by atoms with Gasteiger partial charge in [0.05, 0.1) is 4.92 Å². The summed E-state index contributed by atoms with van der Waals surface area (Å²) in [7, 11) is 0. The third kappa shape index (κ3) is 4.41. The fraction of sp³-hybridized carbons (Fsp3) is 0.467. The molecule has 1 rings (SSSR count). The van der Waals surface area contributed by atoms with Gasteiger partial charge in [-0.3, -0.25) is 15.0 Å². The first-order valence-corrected chi connectivity index (χ1v) is 6.87. The van der Waals surface area contributed by atoms with Crippen LogP contribution in [0.15, 0.2) is 24.3 Å². The van der Waals surface area contributed by atoms with Crippen LogP contribution in [0.2, 0.25) is 0 Å². The number of hydrogen-bond acceptors (Lipinski definition) is 5. The number of aliphatic carboxylic acids is 1. The second kappa shape index (κ2) is 6.23. The number of nitrogens with zero attached hydrogens (tertiary/aromatic N) is 2. The summed E-state index contributed by atoms with van der Waals surface area (Å²) in [6, 6.07) is 5.02. The van der Waals surface area contributed by atoms with E-state index >= 15 is 0 Å². The van der Waals surface area contributed by atoms with Gasteiger partial charge < -0.3 is 9.84 Å². The Morgan fingerprint density at radius 3 is 1.96 bits per heavy atom. The summed E-state index contributed by atoms with van der Waals surface area (Å²) in [5, 5.41) is 20.1. The first-order valence-electron chi connectivity index (χ1n) is 6.87. The standard InChI is InChI=1S/C15H20N2O6/c1-14(2,3)23-13(20)16(15(4,5)12(18)19)10-6-8-11(9-7-10)17(21)22/h6-9H,1-5H3,(H,18,19). The lowest BCUT2D eigenvalue weighted by Crippen LogP contribution is -2.54. The molecule has 0 fully saturated rings. The van der Waals surface area contributed by atoms with Crippen molar-refractivity contribution in [3.63, 3.8) is 0 Å². The molecule has 23 heavy (non-hydrogen) atoms. The Morgan fingerprint density at radius 2 is 1.61 bits per heavy atom. The lowest BCUT2D eigenvalue weighted by Gasteiger charge is -2.36. The lowest BCUT2D eigenvalue weighted by atomic mass is 10.0. The maximum absolute atomic E-state index is 12.4. The maximum atomic E-state index is 12.4. The van der Waals surface area contributed by atoms with Crippen molar-refractivity contribution in [2.75, 3.05) is 4.90 Å². The lowest BCUT2D eigenvalue weighted by molar-refractivity contribution is -0.384. The van der Waals surface area contributed by atoms with Gasteiger partial charge in [0.15, 0.2) is 0 Å². The highest BCUT2D eigenvalue weighted by atomic mass is 16.6. The zero-order valence-electron chi connectivity index (χ0n) is 13.7. The zero-order valence-corrected chi connectivity index (χ0v) is 13.7. The van der Waals surface area contributed by atoms with E-state index in [9.17, 15) is 24.8 Å². The minimum absolute atomic E-state index is 0.161. The number of ether oxygens (including phenoxy) is 1. The maximum Gasteiger partial charge on any atom is 0.415 e. The molecule has 0 aliphatic heterocycles. The monoisotopic (exact) mass is 324 g/mol. The minimum Gasteiger partial charge on any atom is -0.480 e. The zero-order chi connectivity index (χ0) is 18.0. The van der Waals surface area contributed by atoms with Gasteiger partial charge in [0.2, 0.25) is 0 Å². The summed E-state index contributed by atoms with van der Waals surface area (Å²) < 4.78 is 5.26. The number of hydrogen-bond donors (Lipinski definition) is 1. The number of nitro groups is 1. The Bertz CT molecular complexity index is 616. The van der Waals surface area contributed by atoms with Crippen LogP contribution in [0, 0.1) is 10.1 Å². The molecule has 1 N–H and O–H groups in total. The topological polar surface area (TPSA) is 110 Å². The largest absolute Gasteiger partial charge is 0.480 e. The number of rotatable bonds is 4. The van der Waals surface area contributed by atoms with Crippen molar-refractivity contribution in [1.29, 1.82) is 0 Å². The highest BCUT2D eigenvalue weighted by Crippen LogP contribution is 2.28. The van der Waals surface area contributed by atoms with E-state index in [-0.39, 0.29) is 11.4 Å². The molecule has 0 unspecified atom stereocenters. The Balaban J connectivity index is 3.32. The highest BCUT2D eigenvalue weighted by Gasteiger charge is 2.41. The Hall–Kier alpha value is -2.64. The molecule has 8 nitrogen and oxygen atoms in total. The van der Waals surface area contributed by atoms with Crippen LogP contribution >= 0.6 is 0 Å². The molecule has 0 saturated heterocycles. The van der Waals surface area contributed by atoms with Crippen LogP contribution in [0.3, 0.4) is 0 Å². The van der Waals surface area contributed by atoms with Crippen LogP contribution in [0.25, 0.3) is 0 Å². The van der Waals surface area contributed by atoms with Crippen molar-refractivity contribution in [3.05, 3.63) is 34.4 Å². The fourth-order valence-electron chi connectivity index (χ4n) is 1.78. The molecule has 0 radical (unpaired) electrons. The van der Waals surface area contributed by atoms with Crippen molar-refractivity contribution >= 4 is 23.4 Å². The number of carbonyl (C=O) groups is 2. The van der Waals surface area contributed by atoms with E-state index in [0.717, 1.165) is 4.90 Å². The van der Waals surface area contributed by atoms with E-state index < -0.39 is 28.1 Å². The number of carboxylic acid groups (broad SMARTS) is 1. The molecule has 0 aromatic heterocycles. The number of nitro benzene ring substituents is 1. The van der Waals surface area contributed by atoms with Crippen LogP contribution in [0.1, 0.15) is 34.6 Å². The van der Waals surface area contributed by atoms with Gasteiger partial charge in [0, 0.05) is 17.8 Å². The van der Waals surface area contributed by atoms with Crippen LogP contribution < -0.4 is 4.90 Å². The van der Waals surface area contributed by atoms with Crippen LogP contribution in [0.4, 0.5) is 16.2 Å². The van der Waals surface area contributed by atoms with E-state index in [1.54, 1.807) is 20.8 Å². The van der Waals surface area contributed by atoms with Gasteiger partial charge in [-0.25, -0.2) is 9.59 Å². The number of carboxylic acids is 1. The summed E-state index contributed by atoms with van der Waals surface area (Å²) >= 11 is 0. The van der Waals surface area contributed by atoms with Crippen molar-refractivity contribution in [3.8, 4) is 0 Å². The first-order chi connectivity index (χ1) is 10.4. The summed E-state index contributed by atoms with van der Waals surface area (Å²) in [5.74, 6) is -1.23. The number of benzene rings is 1. The van der Waals surface area contributed by atoms with Crippen LogP contribution in [0.5, 0.6) is 0 Å². The first kappa shape index (κ1) is 18.4. The molecule has 0 spiro atoms. The smallest absolute Gasteiger partial charge is 0.415 e. The number of non-ortho nitro benzene ring substituents is 1. The minimum atomic E-state index is -1.60. The van der Waals surface area contributed by atoms with Gasteiger partial charge in [-0.15, -0.1) is 0 Å². The summed E-state index contributed by atoms with van der Waals surface area (Å²) in [6.07, 6.45) is -0.848. The van der Waals surface area contributed by atoms with Crippen LogP contribution in [-0.4, -0.2) is 33.2 Å². The molecular weight excluding hydrogens is 304 g/mol. The van der Waals surface area contributed by atoms with Gasteiger partial charge >= 0.3 is 12.1 Å². The summed E-state index contributed by atoms with van der Waals surface area (Å²) in [6.45, 7) is 7.67. The Morgan fingerprint density at radius 1 is 1.13 bits per heavy atom.